The topological polar surface area (TPSA) is 12.9 Å². The minimum absolute atomic E-state index is 0.372. The molecule has 0 radical (unpaired) electrons. The number of hydrogen-bond acceptors (Lipinski definition) is 1. The van der Waals surface area contributed by atoms with Gasteiger partial charge in [-0.2, -0.15) is 0 Å². The van der Waals surface area contributed by atoms with Gasteiger partial charge in [0.1, 0.15) is 0 Å². The first kappa shape index (κ1) is 14.9. The Bertz CT molecular complexity index is 838. The van der Waals surface area contributed by atoms with Crippen LogP contribution in [-0.2, 0) is 0 Å². The lowest BCUT2D eigenvalue weighted by molar-refractivity contribution is 0.812. The monoisotopic (exact) mass is 311 g/mol. The second kappa shape index (κ2) is 6.84. The quantitative estimate of drug-likeness (QED) is 0.669. The summed E-state index contributed by atoms with van der Waals surface area (Å²) in [6.45, 7) is 0. The van der Waals surface area contributed by atoms with Crippen LogP contribution in [-0.4, -0.2) is 4.98 Å². The van der Waals surface area contributed by atoms with Crippen LogP contribution < -0.4 is 0 Å². The van der Waals surface area contributed by atoms with Crippen molar-refractivity contribution in [2.75, 3.05) is 0 Å². The van der Waals surface area contributed by atoms with Crippen LogP contribution >= 0.6 is 0 Å². The van der Waals surface area contributed by atoms with E-state index in [2.05, 4.69) is 85.0 Å². The minimum atomic E-state index is 0.372. The molecule has 0 aliphatic heterocycles. The lowest BCUT2D eigenvalue weighted by atomic mass is 9.92. The second-order valence-corrected chi connectivity index (χ2v) is 6.35. The number of aromatic nitrogens is 1. The summed E-state index contributed by atoms with van der Waals surface area (Å²) in [7, 11) is 0. The standard InChI is InChI=1S/C23H21N/c1-4-10-18(11-5-1)21-16-22(19-12-6-2-7-13-19)24-23(17-21)20-14-8-3-9-15-20/h1-8,10-12,14,16-17,19H,9,13,15H2. The second-order valence-electron chi connectivity index (χ2n) is 6.35. The Morgan fingerprint density at radius 1 is 0.875 bits per heavy atom. The van der Waals surface area contributed by atoms with Gasteiger partial charge in [-0.05, 0) is 48.1 Å². The molecule has 1 atom stereocenters. The van der Waals surface area contributed by atoms with Gasteiger partial charge in [-0.3, -0.25) is 4.98 Å². The third kappa shape index (κ3) is 3.16. The zero-order valence-electron chi connectivity index (χ0n) is 13.7. The van der Waals surface area contributed by atoms with Gasteiger partial charge >= 0.3 is 0 Å². The Balaban J connectivity index is 1.81. The molecule has 0 bridgehead atoms. The van der Waals surface area contributed by atoms with Crippen LogP contribution in [0.2, 0.25) is 0 Å². The van der Waals surface area contributed by atoms with E-state index in [1.54, 1.807) is 0 Å². The first-order valence-corrected chi connectivity index (χ1v) is 8.67. The van der Waals surface area contributed by atoms with E-state index in [9.17, 15) is 0 Å². The van der Waals surface area contributed by atoms with E-state index in [0.29, 0.717) is 5.92 Å². The molecule has 0 amide bonds. The van der Waals surface area contributed by atoms with E-state index in [1.165, 1.54) is 22.4 Å². The SMILES string of the molecule is C1=CCCC(c2cc(-c3ccccc3)cc(C3C=CC=CC3)n2)=C1. The molecule has 2 aliphatic carbocycles. The molecule has 24 heavy (non-hydrogen) atoms. The molecule has 0 fully saturated rings. The maximum atomic E-state index is 5.02. The molecule has 1 heterocycles. The van der Waals surface area contributed by atoms with Crippen LogP contribution in [0.3, 0.4) is 0 Å². The molecular formula is C23H21N. The molecule has 1 aromatic carbocycles. The van der Waals surface area contributed by atoms with Crippen molar-refractivity contribution in [1.29, 1.82) is 0 Å². The molecule has 2 aliphatic rings. The van der Waals surface area contributed by atoms with Crippen molar-refractivity contribution < 1.29 is 0 Å². The summed E-state index contributed by atoms with van der Waals surface area (Å²) in [6, 6.07) is 15.1. The molecule has 0 saturated heterocycles. The van der Waals surface area contributed by atoms with Crippen molar-refractivity contribution in [2.24, 2.45) is 0 Å². The van der Waals surface area contributed by atoms with Crippen molar-refractivity contribution in [1.82, 2.24) is 4.98 Å². The first-order valence-electron chi connectivity index (χ1n) is 8.67. The zero-order chi connectivity index (χ0) is 16.2. The Morgan fingerprint density at radius 3 is 2.54 bits per heavy atom. The summed E-state index contributed by atoms with van der Waals surface area (Å²) in [4.78, 5) is 5.02. The van der Waals surface area contributed by atoms with E-state index in [0.717, 1.165) is 25.0 Å². The maximum Gasteiger partial charge on any atom is 0.0671 e. The van der Waals surface area contributed by atoms with E-state index in [-0.39, 0.29) is 0 Å². The third-order valence-electron chi connectivity index (χ3n) is 4.66. The highest BCUT2D eigenvalue weighted by Crippen LogP contribution is 2.31. The van der Waals surface area contributed by atoms with E-state index in [4.69, 9.17) is 4.98 Å². The molecule has 0 N–H and O–H groups in total. The number of pyridine rings is 1. The molecule has 1 nitrogen and oxygen atoms in total. The normalized spacial score (nSPS) is 19.3. The largest absolute Gasteiger partial charge is 0.252 e. The fourth-order valence-electron chi connectivity index (χ4n) is 3.32. The summed E-state index contributed by atoms with van der Waals surface area (Å²) in [5.74, 6) is 0.372. The molecule has 118 valence electrons. The summed E-state index contributed by atoms with van der Waals surface area (Å²) >= 11 is 0. The summed E-state index contributed by atoms with van der Waals surface area (Å²) in [6.07, 6.45) is 18.5. The number of hydrogen-bond donors (Lipinski definition) is 0. The van der Waals surface area contributed by atoms with E-state index < -0.39 is 0 Å². The smallest absolute Gasteiger partial charge is 0.0671 e. The van der Waals surface area contributed by atoms with Gasteiger partial charge in [0.25, 0.3) is 0 Å². The van der Waals surface area contributed by atoms with Crippen LogP contribution in [0.5, 0.6) is 0 Å². The predicted octanol–water partition coefficient (Wildman–Crippen LogP) is 6.08. The molecule has 0 spiro atoms. The van der Waals surface area contributed by atoms with Gasteiger partial charge in [-0.15, -0.1) is 0 Å². The third-order valence-corrected chi connectivity index (χ3v) is 4.66. The van der Waals surface area contributed by atoms with Crippen molar-refractivity contribution in [3.8, 4) is 11.1 Å². The van der Waals surface area contributed by atoms with Gasteiger partial charge < -0.3 is 0 Å². The maximum absolute atomic E-state index is 5.02. The van der Waals surface area contributed by atoms with Gasteiger partial charge in [0, 0.05) is 11.6 Å². The molecule has 0 saturated carbocycles. The Kier molecular flexibility index (Phi) is 4.24. The van der Waals surface area contributed by atoms with Crippen molar-refractivity contribution >= 4 is 5.57 Å². The molecule has 4 rings (SSSR count). The average Bonchev–Trinajstić information content (AvgIpc) is 2.70. The van der Waals surface area contributed by atoms with E-state index in [1.807, 2.05) is 0 Å². The van der Waals surface area contributed by atoms with Gasteiger partial charge in [0.2, 0.25) is 0 Å². The fourth-order valence-corrected chi connectivity index (χ4v) is 3.32. The summed E-state index contributed by atoms with van der Waals surface area (Å²) in [5, 5.41) is 0. The molecule has 1 heteroatoms. The van der Waals surface area contributed by atoms with Crippen LogP contribution in [0.15, 0.2) is 85.0 Å². The van der Waals surface area contributed by atoms with Crippen LogP contribution in [0.1, 0.15) is 36.6 Å². The lowest BCUT2D eigenvalue weighted by Crippen LogP contribution is -2.03. The van der Waals surface area contributed by atoms with Crippen molar-refractivity contribution in [3.05, 3.63) is 96.4 Å². The first-order chi connectivity index (χ1) is 11.9. The highest BCUT2D eigenvalue weighted by atomic mass is 14.7. The van der Waals surface area contributed by atoms with Crippen LogP contribution in [0, 0.1) is 0 Å². The minimum Gasteiger partial charge on any atom is -0.252 e. The molecule has 2 aromatic rings. The van der Waals surface area contributed by atoms with Crippen LogP contribution in [0.4, 0.5) is 0 Å². The van der Waals surface area contributed by atoms with Gasteiger partial charge in [-0.25, -0.2) is 0 Å². The van der Waals surface area contributed by atoms with Crippen molar-refractivity contribution in [2.45, 2.75) is 25.2 Å². The molecule has 1 unspecified atom stereocenters. The van der Waals surface area contributed by atoms with E-state index >= 15 is 0 Å². The molecule has 1 aromatic heterocycles. The average molecular weight is 311 g/mol. The Labute approximate surface area is 143 Å². The number of allylic oxidation sites excluding steroid dienone is 8. The Hall–Kier alpha value is -2.67. The number of benzene rings is 1. The summed E-state index contributed by atoms with van der Waals surface area (Å²) in [5.41, 5.74) is 6.15. The predicted molar refractivity (Wildman–Crippen MR) is 102 cm³/mol. The fraction of sp³-hybridized carbons (Fsp3) is 0.174. The number of nitrogens with zero attached hydrogens (tertiary/aromatic N) is 1. The highest BCUT2D eigenvalue weighted by molar-refractivity contribution is 5.72. The highest BCUT2D eigenvalue weighted by Gasteiger charge is 2.15. The lowest BCUT2D eigenvalue weighted by Gasteiger charge is -2.17. The zero-order valence-corrected chi connectivity index (χ0v) is 13.7. The van der Waals surface area contributed by atoms with Crippen molar-refractivity contribution in [3.63, 3.8) is 0 Å². The van der Waals surface area contributed by atoms with Gasteiger partial charge in [0.15, 0.2) is 0 Å². The van der Waals surface area contributed by atoms with Crippen LogP contribution in [0.25, 0.3) is 16.7 Å². The number of rotatable bonds is 3. The Morgan fingerprint density at radius 2 is 1.79 bits per heavy atom. The van der Waals surface area contributed by atoms with Gasteiger partial charge in [0.05, 0.1) is 5.69 Å². The van der Waals surface area contributed by atoms with Gasteiger partial charge in [-0.1, -0.05) is 72.9 Å². The summed E-state index contributed by atoms with van der Waals surface area (Å²) < 4.78 is 0. The molecular weight excluding hydrogens is 290 g/mol.